The maximum atomic E-state index is 10.5. The van der Waals surface area contributed by atoms with E-state index >= 15 is 0 Å². The first-order chi connectivity index (χ1) is 9.61. The topological polar surface area (TPSA) is 92.6 Å². The Balaban J connectivity index is 0.000000377. The van der Waals surface area contributed by atoms with Crippen molar-refractivity contribution in [1.29, 1.82) is 0 Å². The van der Waals surface area contributed by atoms with Crippen LogP contribution in [0.1, 0.15) is 25.7 Å². The molecule has 1 aromatic carbocycles. The Hall–Kier alpha value is -1.30. The van der Waals surface area contributed by atoms with E-state index in [1.807, 2.05) is 36.4 Å². The van der Waals surface area contributed by atoms with Gasteiger partial charge in [0.25, 0.3) is 0 Å². The molecule has 1 amide bonds. The van der Waals surface area contributed by atoms with E-state index in [1.165, 1.54) is 6.38 Å². The molecule has 0 bridgehead atoms. The van der Waals surface area contributed by atoms with E-state index < -0.39 is 6.09 Å². The second-order valence-corrected chi connectivity index (χ2v) is 4.43. The van der Waals surface area contributed by atoms with Crippen molar-refractivity contribution in [3.63, 3.8) is 0 Å². The van der Waals surface area contributed by atoms with E-state index in [4.69, 9.17) is 16.7 Å². The Bertz CT molecular complexity index is 325. The molecule has 2 rings (SSSR count). The molecule has 1 fully saturated rings. The van der Waals surface area contributed by atoms with Crippen LogP contribution in [0.25, 0.3) is 0 Å². The van der Waals surface area contributed by atoms with E-state index in [9.17, 15) is 4.79 Å². The highest BCUT2D eigenvalue weighted by atomic mass is 35.5. The second kappa shape index (κ2) is 11.5. The van der Waals surface area contributed by atoms with Crippen molar-refractivity contribution >= 4 is 17.7 Å². The highest BCUT2D eigenvalue weighted by Crippen LogP contribution is 2.19. The van der Waals surface area contributed by atoms with Crippen molar-refractivity contribution in [2.75, 3.05) is 6.38 Å². The monoisotopic (exact) mass is 301 g/mol. The Morgan fingerprint density at radius 2 is 1.60 bits per heavy atom. The number of carboxylic acid groups (broad SMARTS) is 1. The van der Waals surface area contributed by atoms with Crippen LogP contribution in [0.2, 0.25) is 0 Å². The number of nitrogens with two attached hydrogens (primary N) is 2. The highest BCUT2D eigenvalue weighted by molar-refractivity contribution is 6.15. The first-order valence-electron chi connectivity index (χ1n) is 6.51. The first-order valence-corrected chi connectivity index (χ1v) is 7.27. The summed E-state index contributed by atoms with van der Waals surface area (Å²) in [6, 6.07) is 12.0. The lowest BCUT2D eigenvalue weighted by molar-refractivity contribution is 0.108. The minimum atomic E-state index is -1.07. The second-order valence-electron chi connectivity index (χ2n) is 4.43. The van der Waals surface area contributed by atoms with Gasteiger partial charge in [-0.2, -0.15) is 0 Å². The van der Waals surface area contributed by atoms with E-state index in [-0.39, 0.29) is 12.1 Å². The number of amides is 1. The molecular formula is C14H24ClN3O2. The number of hydrogen-bond donors (Lipinski definition) is 3. The summed E-state index contributed by atoms with van der Waals surface area (Å²) in [5.41, 5.74) is 5.69. The largest absolute Gasteiger partial charge is 0.464 e. The zero-order chi connectivity index (χ0) is 15.4. The Labute approximate surface area is 125 Å². The molecular weight excluding hydrogens is 278 g/mol. The van der Waals surface area contributed by atoms with Crippen LogP contribution in [0.15, 0.2) is 36.4 Å². The SMILES string of the molecule is CCl.NC1CCCC(N(N)C(=O)O)C1.c1ccccc1. The summed E-state index contributed by atoms with van der Waals surface area (Å²) in [6.45, 7) is 0. The molecule has 0 spiro atoms. The van der Waals surface area contributed by atoms with Crippen molar-refractivity contribution < 1.29 is 9.90 Å². The number of hydrazine groups is 1. The van der Waals surface area contributed by atoms with Gasteiger partial charge in [0, 0.05) is 12.4 Å². The fraction of sp³-hybridized carbons (Fsp3) is 0.500. The minimum absolute atomic E-state index is 0.0914. The molecule has 2 unspecified atom stereocenters. The summed E-state index contributed by atoms with van der Waals surface area (Å²) in [5.74, 6) is 5.33. The van der Waals surface area contributed by atoms with E-state index in [2.05, 4.69) is 11.6 Å². The van der Waals surface area contributed by atoms with Crippen LogP contribution in [0.5, 0.6) is 0 Å². The van der Waals surface area contributed by atoms with Crippen LogP contribution in [0.3, 0.4) is 0 Å². The fourth-order valence-corrected chi connectivity index (χ4v) is 1.99. The average Bonchev–Trinajstić information content (AvgIpc) is 2.51. The summed E-state index contributed by atoms with van der Waals surface area (Å²) >= 11 is 4.64. The van der Waals surface area contributed by atoms with Crippen LogP contribution >= 0.6 is 11.6 Å². The number of halogens is 1. The number of hydrogen-bond acceptors (Lipinski definition) is 3. The smallest absolute Gasteiger partial charge is 0.421 e. The Kier molecular flexibility index (Phi) is 10.8. The quantitative estimate of drug-likeness (QED) is 0.322. The van der Waals surface area contributed by atoms with Gasteiger partial charge >= 0.3 is 6.09 Å². The minimum Gasteiger partial charge on any atom is -0.464 e. The molecule has 114 valence electrons. The molecule has 2 atom stereocenters. The van der Waals surface area contributed by atoms with Gasteiger partial charge in [-0.1, -0.05) is 36.4 Å². The van der Waals surface area contributed by atoms with Gasteiger partial charge in [-0.05, 0) is 25.7 Å². The van der Waals surface area contributed by atoms with Crippen LogP contribution in [0.4, 0.5) is 4.79 Å². The van der Waals surface area contributed by atoms with Gasteiger partial charge < -0.3 is 10.8 Å². The molecule has 5 nitrogen and oxygen atoms in total. The van der Waals surface area contributed by atoms with Gasteiger partial charge in [-0.3, -0.25) is 0 Å². The Morgan fingerprint density at radius 3 is 1.95 bits per heavy atom. The van der Waals surface area contributed by atoms with Gasteiger partial charge in [-0.25, -0.2) is 15.6 Å². The molecule has 6 heteroatoms. The van der Waals surface area contributed by atoms with Gasteiger partial charge in [-0.15, -0.1) is 11.6 Å². The molecule has 0 radical (unpaired) electrons. The van der Waals surface area contributed by atoms with Gasteiger partial charge in [0.05, 0.1) is 6.04 Å². The third-order valence-electron chi connectivity index (χ3n) is 2.97. The van der Waals surface area contributed by atoms with Crippen molar-refractivity contribution in [1.82, 2.24) is 5.01 Å². The summed E-state index contributed by atoms with van der Waals surface area (Å²) < 4.78 is 0. The number of rotatable bonds is 1. The maximum Gasteiger partial charge on any atom is 0.421 e. The molecule has 5 N–H and O–H groups in total. The predicted octanol–water partition coefficient (Wildman–Crippen LogP) is 2.65. The molecule has 20 heavy (non-hydrogen) atoms. The lowest BCUT2D eigenvalue weighted by Crippen LogP contribution is -2.49. The highest BCUT2D eigenvalue weighted by Gasteiger charge is 2.25. The molecule has 0 saturated heterocycles. The lowest BCUT2D eigenvalue weighted by atomic mass is 9.91. The van der Waals surface area contributed by atoms with Crippen LogP contribution < -0.4 is 11.6 Å². The van der Waals surface area contributed by atoms with Crippen molar-refractivity contribution in [2.24, 2.45) is 11.6 Å². The number of carbonyl (C=O) groups is 1. The van der Waals surface area contributed by atoms with Crippen LogP contribution in [-0.4, -0.2) is 34.7 Å². The molecule has 1 aromatic rings. The van der Waals surface area contributed by atoms with Gasteiger partial charge in [0.1, 0.15) is 0 Å². The predicted molar refractivity (Wildman–Crippen MR) is 82.5 cm³/mol. The van der Waals surface area contributed by atoms with Crippen molar-refractivity contribution in [2.45, 2.75) is 37.8 Å². The van der Waals surface area contributed by atoms with Crippen molar-refractivity contribution in [3.05, 3.63) is 36.4 Å². The number of nitrogens with zero attached hydrogens (tertiary/aromatic N) is 1. The van der Waals surface area contributed by atoms with Crippen LogP contribution in [0, 0.1) is 0 Å². The third kappa shape index (κ3) is 7.99. The molecule has 0 aromatic heterocycles. The number of alkyl halides is 1. The zero-order valence-electron chi connectivity index (χ0n) is 11.8. The summed E-state index contributed by atoms with van der Waals surface area (Å²) in [6.07, 6.45) is 3.85. The summed E-state index contributed by atoms with van der Waals surface area (Å²) in [5, 5.41) is 9.45. The molecule has 1 aliphatic rings. The van der Waals surface area contributed by atoms with E-state index in [0.29, 0.717) is 6.42 Å². The molecule has 0 heterocycles. The summed E-state index contributed by atoms with van der Waals surface area (Å²) in [7, 11) is 0. The zero-order valence-corrected chi connectivity index (χ0v) is 12.5. The molecule has 0 aliphatic heterocycles. The molecule has 1 saturated carbocycles. The maximum absolute atomic E-state index is 10.5. The lowest BCUT2D eigenvalue weighted by Gasteiger charge is -2.31. The van der Waals surface area contributed by atoms with E-state index in [0.717, 1.165) is 24.3 Å². The Morgan fingerprint density at radius 1 is 1.15 bits per heavy atom. The summed E-state index contributed by atoms with van der Waals surface area (Å²) in [4.78, 5) is 10.5. The normalized spacial score (nSPS) is 20.6. The van der Waals surface area contributed by atoms with Crippen LogP contribution in [-0.2, 0) is 0 Å². The number of benzene rings is 1. The molecule has 1 aliphatic carbocycles. The fourth-order valence-electron chi connectivity index (χ4n) is 1.99. The van der Waals surface area contributed by atoms with Gasteiger partial charge in [0.2, 0.25) is 0 Å². The standard InChI is InChI=1S/C7H15N3O2.C6H6.CH3Cl/c8-5-2-1-3-6(4-5)10(9)7(11)12;1-2-4-6-5-3-1;1-2/h5-6H,1-4,8-9H2,(H,11,12);1-6H;1H3. The van der Waals surface area contributed by atoms with Gasteiger partial charge in [0.15, 0.2) is 0 Å². The third-order valence-corrected chi connectivity index (χ3v) is 2.97. The van der Waals surface area contributed by atoms with E-state index in [1.54, 1.807) is 0 Å². The van der Waals surface area contributed by atoms with Crippen molar-refractivity contribution in [3.8, 4) is 0 Å². The first kappa shape index (κ1) is 18.7. The average molecular weight is 302 g/mol.